The topological polar surface area (TPSA) is 64.7 Å². The van der Waals surface area contributed by atoms with E-state index in [-0.39, 0.29) is 5.91 Å². The van der Waals surface area contributed by atoms with E-state index in [0.29, 0.717) is 17.1 Å². The third kappa shape index (κ3) is 4.55. The van der Waals surface area contributed by atoms with Gasteiger partial charge >= 0.3 is 0 Å². The summed E-state index contributed by atoms with van der Waals surface area (Å²) < 4.78 is 3.77. The Morgan fingerprint density at radius 3 is 2.62 bits per heavy atom. The van der Waals surface area contributed by atoms with Gasteiger partial charge in [-0.25, -0.2) is 4.98 Å². The molecule has 29 heavy (non-hydrogen) atoms. The quantitative estimate of drug-likeness (QED) is 0.517. The SMILES string of the molecule is Cc1nccn1Cc1ccc(NC(=O)c2cnn(Cc3ccccc3Cl)c2)cc1. The minimum absolute atomic E-state index is 0.200. The van der Waals surface area contributed by atoms with Gasteiger partial charge in [-0.1, -0.05) is 41.9 Å². The molecule has 1 amide bonds. The molecule has 4 rings (SSSR count). The van der Waals surface area contributed by atoms with Crippen LogP contribution in [0.3, 0.4) is 0 Å². The maximum absolute atomic E-state index is 12.5. The second-order valence-corrected chi connectivity index (χ2v) is 7.18. The fourth-order valence-corrected chi connectivity index (χ4v) is 3.23. The number of halogens is 1. The smallest absolute Gasteiger partial charge is 0.258 e. The highest BCUT2D eigenvalue weighted by atomic mass is 35.5. The zero-order valence-electron chi connectivity index (χ0n) is 15.9. The summed E-state index contributed by atoms with van der Waals surface area (Å²) in [5.74, 6) is 0.768. The summed E-state index contributed by atoms with van der Waals surface area (Å²) in [5, 5.41) is 7.86. The molecular formula is C22H20ClN5O. The summed E-state index contributed by atoms with van der Waals surface area (Å²) in [4.78, 5) is 16.8. The number of nitrogens with one attached hydrogen (secondary N) is 1. The van der Waals surface area contributed by atoms with E-state index in [9.17, 15) is 4.79 Å². The van der Waals surface area contributed by atoms with Crippen LogP contribution >= 0.6 is 11.6 Å². The van der Waals surface area contributed by atoms with Gasteiger partial charge < -0.3 is 9.88 Å². The summed E-state index contributed by atoms with van der Waals surface area (Å²) >= 11 is 6.19. The van der Waals surface area contributed by atoms with Gasteiger partial charge in [-0.05, 0) is 36.2 Å². The van der Waals surface area contributed by atoms with Crippen molar-refractivity contribution in [2.24, 2.45) is 0 Å². The van der Waals surface area contributed by atoms with Gasteiger partial charge in [0.1, 0.15) is 5.82 Å². The molecule has 4 aromatic rings. The molecule has 2 aromatic carbocycles. The first-order valence-corrected chi connectivity index (χ1v) is 9.60. The third-order valence-electron chi connectivity index (χ3n) is 4.67. The van der Waals surface area contributed by atoms with E-state index in [1.54, 1.807) is 23.3 Å². The van der Waals surface area contributed by atoms with Crippen LogP contribution in [-0.2, 0) is 13.1 Å². The fraction of sp³-hybridized carbons (Fsp3) is 0.136. The molecule has 6 nitrogen and oxygen atoms in total. The maximum atomic E-state index is 12.5. The van der Waals surface area contributed by atoms with Gasteiger partial charge in [-0.15, -0.1) is 0 Å². The van der Waals surface area contributed by atoms with Crippen LogP contribution in [0, 0.1) is 6.92 Å². The first kappa shape index (κ1) is 19.0. The van der Waals surface area contributed by atoms with E-state index >= 15 is 0 Å². The molecule has 0 aliphatic heterocycles. The van der Waals surface area contributed by atoms with Gasteiger partial charge in [0.2, 0.25) is 0 Å². The Morgan fingerprint density at radius 2 is 1.90 bits per heavy atom. The summed E-state index contributed by atoms with van der Waals surface area (Å²) in [6.45, 7) is 3.23. The molecule has 0 saturated heterocycles. The Labute approximate surface area is 173 Å². The van der Waals surface area contributed by atoms with Crippen molar-refractivity contribution in [1.82, 2.24) is 19.3 Å². The number of imidazole rings is 1. The number of amides is 1. The number of rotatable bonds is 6. The van der Waals surface area contributed by atoms with Crippen molar-refractivity contribution in [3.63, 3.8) is 0 Å². The molecule has 0 fully saturated rings. The molecule has 2 heterocycles. The van der Waals surface area contributed by atoms with E-state index in [1.165, 1.54) is 0 Å². The molecule has 2 aromatic heterocycles. The predicted octanol–water partition coefficient (Wildman–Crippen LogP) is 4.39. The first-order chi connectivity index (χ1) is 14.1. The number of aryl methyl sites for hydroxylation is 1. The molecule has 0 saturated carbocycles. The Balaban J connectivity index is 1.39. The molecule has 1 N–H and O–H groups in total. The summed E-state index contributed by atoms with van der Waals surface area (Å²) in [6, 6.07) is 15.4. The Hall–Kier alpha value is -3.38. The number of nitrogens with zero attached hydrogens (tertiary/aromatic N) is 4. The van der Waals surface area contributed by atoms with Crippen molar-refractivity contribution in [3.05, 3.63) is 101 Å². The largest absolute Gasteiger partial charge is 0.331 e. The van der Waals surface area contributed by atoms with Crippen LogP contribution in [0.25, 0.3) is 0 Å². The van der Waals surface area contributed by atoms with Gasteiger partial charge in [0.15, 0.2) is 0 Å². The van der Waals surface area contributed by atoms with Crippen LogP contribution in [0.1, 0.15) is 27.3 Å². The van der Waals surface area contributed by atoms with Crippen LogP contribution in [0.5, 0.6) is 0 Å². The molecule has 0 atom stereocenters. The van der Waals surface area contributed by atoms with Crippen LogP contribution in [0.2, 0.25) is 5.02 Å². The van der Waals surface area contributed by atoms with Crippen molar-refractivity contribution < 1.29 is 4.79 Å². The highest BCUT2D eigenvalue weighted by molar-refractivity contribution is 6.31. The number of anilines is 1. The molecule has 0 bridgehead atoms. The number of carbonyl (C=O) groups is 1. The number of hydrogen-bond donors (Lipinski definition) is 1. The highest BCUT2D eigenvalue weighted by Gasteiger charge is 2.10. The standard InChI is InChI=1S/C22H20ClN5O/c1-16-24-10-11-27(16)13-17-6-8-20(9-7-17)26-22(29)19-12-25-28(15-19)14-18-4-2-3-5-21(18)23/h2-12,15H,13-14H2,1H3,(H,26,29). The highest BCUT2D eigenvalue weighted by Crippen LogP contribution is 2.17. The molecular weight excluding hydrogens is 386 g/mol. The summed E-state index contributed by atoms with van der Waals surface area (Å²) in [7, 11) is 0. The molecule has 0 unspecified atom stereocenters. The second kappa shape index (κ2) is 8.32. The van der Waals surface area contributed by atoms with Crippen molar-refractivity contribution in [1.29, 1.82) is 0 Å². The average Bonchev–Trinajstić information content (AvgIpc) is 3.35. The predicted molar refractivity (Wildman–Crippen MR) is 113 cm³/mol. The lowest BCUT2D eigenvalue weighted by Gasteiger charge is -2.07. The summed E-state index contributed by atoms with van der Waals surface area (Å²) in [6.07, 6.45) is 7.01. The molecule has 0 aliphatic rings. The Kier molecular flexibility index (Phi) is 5.44. The van der Waals surface area contributed by atoms with E-state index in [2.05, 4.69) is 20.0 Å². The van der Waals surface area contributed by atoms with Crippen LogP contribution in [-0.4, -0.2) is 25.2 Å². The van der Waals surface area contributed by atoms with Crippen molar-refractivity contribution in [3.8, 4) is 0 Å². The van der Waals surface area contributed by atoms with Crippen molar-refractivity contribution >= 4 is 23.2 Å². The lowest BCUT2D eigenvalue weighted by Crippen LogP contribution is -2.11. The van der Waals surface area contributed by atoms with E-state index in [4.69, 9.17) is 11.6 Å². The maximum Gasteiger partial charge on any atom is 0.258 e. The third-order valence-corrected chi connectivity index (χ3v) is 5.04. The second-order valence-electron chi connectivity index (χ2n) is 6.77. The fourth-order valence-electron chi connectivity index (χ4n) is 3.03. The Bertz CT molecular complexity index is 1130. The number of hydrogen-bond acceptors (Lipinski definition) is 3. The Morgan fingerprint density at radius 1 is 1.10 bits per heavy atom. The lowest BCUT2D eigenvalue weighted by atomic mass is 10.2. The van der Waals surface area contributed by atoms with Crippen molar-refractivity contribution in [2.45, 2.75) is 20.0 Å². The van der Waals surface area contributed by atoms with Gasteiger partial charge in [-0.2, -0.15) is 5.10 Å². The average molecular weight is 406 g/mol. The first-order valence-electron chi connectivity index (χ1n) is 9.22. The van der Waals surface area contributed by atoms with Crippen LogP contribution in [0.4, 0.5) is 5.69 Å². The lowest BCUT2D eigenvalue weighted by molar-refractivity contribution is 0.102. The minimum atomic E-state index is -0.200. The monoisotopic (exact) mass is 405 g/mol. The van der Waals surface area contributed by atoms with Gasteiger partial charge in [-0.3, -0.25) is 9.48 Å². The van der Waals surface area contributed by atoms with Crippen LogP contribution in [0.15, 0.2) is 73.3 Å². The molecule has 7 heteroatoms. The molecule has 0 aliphatic carbocycles. The number of benzene rings is 2. The molecule has 0 radical (unpaired) electrons. The number of aromatic nitrogens is 4. The van der Waals surface area contributed by atoms with E-state index < -0.39 is 0 Å². The van der Waals surface area contributed by atoms with Gasteiger partial charge in [0.25, 0.3) is 5.91 Å². The van der Waals surface area contributed by atoms with E-state index in [1.807, 2.05) is 61.7 Å². The number of carbonyl (C=O) groups excluding carboxylic acids is 1. The molecule has 146 valence electrons. The summed E-state index contributed by atoms with van der Waals surface area (Å²) in [5.41, 5.74) is 3.32. The zero-order chi connectivity index (χ0) is 20.2. The minimum Gasteiger partial charge on any atom is -0.331 e. The normalized spacial score (nSPS) is 10.8. The van der Waals surface area contributed by atoms with E-state index in [0.717, 1.165) is 29.2 Å². The van der Waals surface area contributed by atoms with Gasteiger partial charge in [0.05, 0.1) is 18.3 Å². The zero-order valence-corrected chi connectivity index (χ0v) is 16.7. The van der Waals surface area contributed by atoms with Gasteiger partial charge in [0, 0.05) is 35.8 Å². The van der Waals surface area contributed by atoms with Crippen molar-refractivity contribution in [2.75, 3.05) is 5.32 Å². The van der Waals surface area contributed by atoms with Crippen LogP contribution < -0.4 is 5.32 Å². The molecule has 0 spiro atoms.